The molecule has 88 valence electrons. The van der Waals surface area contributed by atoms with E-state index >= 15 is 0 Å². The summed E-state index contributed by atoms with van der Waals surface area (Å²) < 4.78 is 0. The van der Waals surface area contributed by atoms with Crippen molar-refractivity contribution in [2.24, 2.45) is 0 Å². The fourth-order valence-corrected chi connectivity index (χ4v) is 1.69. The molecule has 0 fully saturated rings. The fourth-order valence-electron chi connectivity index (χ4n) is 1.69. The second kappa shape index (κ2) is 4.75. The molecule has 0 saturated carbocycles. The van der Waals surface area contributed by atoms with E-state index in [0.29, 0.717) is 6.54 Å². The number of rotatable bonds is 3. The van der Waals surface area contributed by atoms with Gasteiger partial charge in [0.25, 0.3) is 0 Å². The second-order valence-electron chi connectivity index (χ2n) is 3.81. The molecule has 1 aromatic carbocycles. The molecule has 5 nitrogen and oxygen atoms in total. The quantitative estimate of drug-likeness (QED) is 0.755. The molecule has 18 heavy (non-hydrogen) atoms. The minimum atomic E-state index is 0.661. The van der Waals surface area contributed by atoms with E-state index < -0.39 is 0 Å². The molecule has 0 aliphatic rings. The van der Waals surface area contributed by atoms with Crippen LogP contribution in [0.5, 0.6) is 0 Å². The van der Waals surface area contributed by atoms with E-state index in [1.165, 1.54) is 0 Å². The summed E-state index contributed by atoms with van der Waals surface area (Å²) in [5, 5.41) is 3.30. The van der Waals surface area contributed by atoms with Gasteiger partial charge < -0.3 is 5.32 Å². The summed E-state index contributed by atoms with van der Waals surface area (Å²) >= 11 is 0. The Balaban J connectivity index is 1.79. The minimum Gasteiger partial charge on any atom is -0.379 e. The Morgan fingerprint density at radius 1 is 0.889 bits per heavy atom. The molecule has 1 N–H and O–H groups in total. The van der Waals surface area contributed by atoms with Gasteiger partial charge >= 0.3 is 0 Å². The Kier molecular flexibility index (Phi) is 2.79. The van der Waals surface area contributed by atoms with Gasteiger partial charge in [-0.1, -0.05) is 0 Å². The molecule has 3 rings (SSSR count). The average Bonchev–Trinajstić information content (AvgIpc) is 2.46. The van der Waals surface area contributed by atoms with Gasteiger partial charge in [0.2, 0.25) is 0 Å². The number of aromatic nitrogens is 4. The predicted molar refractivity (Wildman–Crippen MR) is 68.9 cm³/mol. The third-order valence-electron chi connectivity index (χ3n) is 2.59. The van der Waals surface area contributed by atoms with E-state index in [9.17, 15) is 0 Å². The average molecular weight is 237 g/mol. The first-order valence-electron chi connectivity index (χ1n) is 5.61. The second-order valence-corrected chi connectivity index (χ2v) is 3.81. The molecular weight excluding hydrogens is 226 g/mol. The lowest BCUT2D eigenvalue weighted by molar-refractivity contribution is 1.01. The summed E-state index contributed by atoms with van der Waals surface area (Å²) in [5.41, 5.74) is 3.72. The molecule has 0 spiro atoms. The third kappa shape index (κ3) is 2.24. The summed E-state index contributed by atoms with van der Waals surface area (Å²) in [6.07, 6.45) is 6.66. The molecule has 0 aliphatic carbocycles. The topological polar surface area (TPSA) is 63.6 Å². The summed E-state index contributed by atoms with van der Waals surface area (Å²) in [6.45, 7) is 0.661. The van der Waals surface area contributed by atoms with Gasteiger partial charge in [-0.15, -0.1) is 0 Å². The van der Waals surface area contributed by atoms with Crippen LogP contribution in [-0.2, 0) is 6.54 Å². The Morgan fingerprint density at radius 3 is 2.61 bits per heavy atom. The lowest BCUT2D eigenvalue weighted by Gasteiger charge is -2.06. The number of hydrogen-bond acceptors (Lipinski definition) is 5. The van der Waals surface area contributed by atoms with Crippen molar-refractivity contribution in [3.8, 4) is 0 Å². The highest BCUT2D eigenvalue weighted by molar-refractivity contribution is 5.78. The van der Waals surface area contributed by atoms with Crippen molar-refractivity contribution in [2.75, 3.05) is 5.32 Å². The maximum Gasteiger partial charge on any atom is 0.115 e. The monoisotopic (exact) mass is 237 g/mol. The Bertz CT molecular complexity index is 654. The molecule has 0 radical (unpaired) electrons. The molecule has 0 aliphatic heterocycles. The highest BCUT2D eigenvalue weighted by Gasteiger charge is 1.98. The molecule has 2 heterocycles. The highest BCUT2D eigenvalue weighted by atomic mass is 14.9. The number of nitrogens with one attached hydrogen (secondary N) is 1. The lowest BCUT2D eigenvalue weighted by Crippen LogP contribution is -2.01. The van der Waals surface area contributed by atoms with E-state index in [1.54, 1.807) is 24.9 Å². The van der Waals surface area contributed by atoms with Crippen LogP contribution in [0.2, 0.25) is 0 Å². The molecule has 0 bridgehead atoms. The van der Waals surface area contributed by atoms with Crippen LogP contribution in [0.15, 0.2) is 49.2 Å². The smallest absolute Gasteiger partial charge is 0.115 e. The van der Waals surface area contributed by atoms with E-state index in [-0.39, 0.29) is 0 Å². The van der Waals surface area contributed by atoms with E-state index in [2.05, 4.69) is 25.3 Å². The van der Waals surface area contributed by atoms with Crippen LogP contribution in [0, 0.1) is 0 Å². The van der Waals surface area contributed by atoms with Crippen LogP contribution in [0.3, 0.4) is 0 Å². The van der Waals surface area contributed by atoms with Gasteiger partial charge in [-0.3, -0.25) is 9.97 Å². The SMILES string of the molecule is c1cc(CNc2ccc3nccnc3c2)ncn1. The van der Waals surface area contributed by atoms with Crippen molar-refractivity contribution in [2.45, 2.75) is 6.54 Å². The molecule has 5 heteroatoms. The largest absolute Gasteiger partial charge is 0.379 e. The van der Waals surface area contributed by atoms with Gasteiger partial charge in [-0.2, -0.15) is 0 Å². The Hall–Kier alpha value is -2.56. The van der Waals surface area contributed by atoms with Crippen molar-refractivity contribution in [3.05, 3.63) is 54.9 Å². The Morgan fingerprint density at radius 2 is 1.78 bits per heavy atom. The van der Waals surface area contributed by atoms with Crippen LogP contribution in [0.4, 0.5) is 5.69 Å². The van der Waals surface area contributed by atoms with Crippen molar-refractivity contribution in [1.82, 2.24) is 19.9 Å². The van der Waals surface area contributed by atoms with Gasteiger partial charge in [0.15, 0.2) is 0 Å². The highest BCUT2D eigenvalue weighted by Crippen LogP contribution is 2.15. The normalized spacial score (nSPS) is 10.4. The summed E-state index contributed by atoms with van der Waals surface area (Å²) in [6, 6.07) is 7.79. The van der Waals surface area contributed by atoms with Crippen molar-refractivity contribution >= 4 is 16.7 Å². The Labute approximate surface area is 104 Å². The maximum absolute atomic E-state index is 4.27. The molecule has 0 atom stereocenters. The van der Waals surface area contributed by atoms with Crippen molar-refractivity contribution in [3.63, 3.8) is 0 Å². The summed E-state index contributed by atoms with van der Waals surface area (Å²) in [4.78, 5) is 16.5. The summed E-state index contributed by atoms with van der Waals surface area (Å²) in [5.74, 6) is 0. The van der Waals surface area contributed by atoms with Crippen LogP contribution in [0.1, 0.15) is 5.69 Å². The summed E-state index contributed by atoms with van der Waals surface area (Å²) in [7, 11) is 0. The molecule has 0 saturated heterocycles. The van der Waals surface area contributed by atoms with Crippen LogP contribution in [-0.4, -0.2) is 19.9 Å². The number of benzene rings is 1. The van der Waals surface area contributed by atoms with Gasteiger partial charge in [-0.05, 0) is 24.3 Å². The molecule has 3 aromatic rings. The molecule has 0 amide bonds. The molecular formula is C13H11N5. The third-order valence-corrected chi connectivity index (χ3v) is 2.59. The first-order valence-corrected chi connectivity index (χ1v) is 5.61. The van der Waals surface area contributed by atoms with Crippen molar-refractivity contribution < 1.29 is 0 Å². The van der Waals surface area contributed by atoms with Gasteiger partial charge in [0.1, 0.15) is 6.33 Å². The first kappa shape index (κ1) is 10.6. The van der Waals surface area contributed by atoms with Crippen LogP contribution in [0.25, 0.3) is 11.0 Å². The van der Waals surface area contributed by atoms with Crippen molar-refractivity contribution in [1.29, 1.82) is 0 Å². The number of anilines is 1. The maximum atomic E-state index is 4.27. The van der Waals surface area contributed by atoms with Crippen LogP contribution >= 0.6 is 0 Å². The fraction of sp³-hybridized carbons (Fsp3) is 0.0769. The number of fused-ring (bicyclic) bond motifs is 1. The predicted octanol–water partition coefficient (Wildman–Crippen LogP) is 2.03. The molecule has 0 unspecified atom stereocenters. The van der Waals surface area contributed by atoms with E-state index in [4.69, 9.17) is 0 Å². The van der Waals surface area contributed by atoms with Gasteiger partial charge in [0, 0.05) is 24.3 Å². The van der Waals surface area contributed by atoms with E-state index in [0.717, 1.165) is 22.4 Å². The van der Waals surface area contributed by atoms with Gasteiger partial charge in [0.05, 0.1) is 23.3 Å². The number of nitrogens with zero attached hydrogens (tertiary/aromatic N) is 4. The lowest BCUT2D eigenvalue weighted by atomic mass is 10.2. The standard InChI is InChI=1S/C13H11N5/c1-2-12-13(16-6-5-15-12)7-10(1)17-8-11-3-4-14-9-18-11/h1-7,9,17H,8H2. The molecule has 2 aromatic heterocycles. The number of hydrogen-bond donors (Lipinski definition) is 1. The first-order chi connectivity index (χ1) is 8.92. The zero-order valence-electron chi connectivity index (χ0n) is 9.61. The van der Waals surface area contributed by atoms with Gasteiger partial charge in [-0.25, -0.2) is 9.97 Å². The van der Waals surface area contributed by atoms with Crippen LogP contribution < -0.4 is 5.32 Å². The zero-order valence-corrected chi connectivity index (χ0v) is 9.61. The van der Waals surface area contributed by atoms with E-state index in [1.807, 2.05) is 24.3 Å². The zero-order chi connectivity index (χ0) is 12.2. The minimum absolute atomic E-state index is 0.661.